The lowest BCUT2D eigenvalue weighted by molar-refractivity contribution is -0.915. The van der Waals surface area contributed by atoms with E-state index in [9.17, 15) is 4.79 Å². The standard InChI is InChI=1S/C26H30N2O3/c1-18-11-13-23(30-4)21(15-18)17-28(3)25(20-9-7-6-8-10-20)26(29)27-22-16-19(2)12-14-24(22)31-5/h6-16,25H,17H2,1-5H3,(H,27,29)/p+1/t25-/m1/s1. The number of methoxy groups -OCH3 is 2. The number of amides is 1. The van der Waals surface area contributed by atoms with Gasteiger partial charge in [-0.1, -0.05) is 48.0 Å². The lowest BCUT2D eigenvalue weighted by Crippen LogP contribution is -3.09. The average molecular weight is 420 g/mol. The summed E-state index contributed by atoms with van der Waals surface area (Å²) in [6.07, 6.45) is 0. The molecule has 0 aromatic heterocycles. The van der Waals surface area contributed by atoms with Crippen LogP contribution in [0.1, 0.15) is 28.3 Å². The van der Waals surface area contributed by atoms with Crippen LogP contribution in [0.2, 0.25) is 0 Å². The van der Waals surface area contributed by atoms with Gasteiger partial charge in [-0.25, -0.2) is 0 Å². The average Bonchev–Trinajstić information content (AvgIpc) is 2.75. The van der Waals surface area contributed by atoms with Gasteiger partial charge < -0.3 is 19.7 Å². The minimum Gasteiger partial charge on any atom is -0.496 e. The number of benzene rings is 3. The molecule has 0 radical (unpaired) electrons. The molecule has 0 heterocycles. The molecular formula is C26H31N2O3+. The van der Waals surface area contributed by atoms with Crippen LogP contribution in [-0.4, -0.2) is 27.2 Å². The molecule has 0 spiro atoms. The number of carbonyl (C=O) groups excluding carboxylic acids is 1. The van der Waals surface area contributed by atoms with Gasteiger partial charge in [0.15, 0.2) is 6.04 Å². The number of nitrogens with one attached hydrogen (secondary N) is 2. The molecule has 31 heavy (non-hydrogen) atoms. The highest BCUT2D eigenvalue weighted by Gasteiger charge is 2.30. The van der Waals surface area contributed by atoms with Crippen molar-refractivity contribution in [3.63, 3.8) is 0 Å². The van der Waals surface area contributed by atoms with Crippen molar-refractivity contribution < 1.29 is 19.2 Å². The van der Waals surface area contributed by atoms with Crippen molar-refractivity contribution in [2.24, 2.45) is 0 Å². The Kier molecular flexibility index (Phi) is 7.32. The summed E-state index contributed by atoms with van der Waals surface area (Å²) in [6.45, 7) is 4.69. The van der Waals surface area contributed by atoms with Gasteiger partial charge in [-0.15, -0.1) is 0 Å². The van der Waals surface area contributed by atoms with Crippen LogP contribution in [0.15, 0.2) is 66.7 Å². The zero-order chi connectivity index (χ0) is 22.4. The Balaban J connectivity index is 1.93. The Hall–Kier alpha value is -3.31. The summed E-state index contributed by atoms with van der Waals surface area (Å²) < 4.78 is 11.0. The van der Waals surface area contributed by atoms with Crippen LogP contribution in [0.25, 0.3) is 0 Å². The van der Waals surface area contributed by atoms with Crippen molar-refractivity contribution in [3.05, 3.63) is 89.0 Å². The minimum absolute atomic E-state index is 0.0841. The molecule has 3 aromatic rings. The molecule has 1 amide bonds. The topological polar surface area (TPSA) is 52.0 Å². The number of carbonyl (C=O) groups is 1. The fourth-order valence-corrected chi connectivity index (χ4v) is 3.88. The van der Waals surface area contributed by atoms with Gasteiger partial charge >= 0.3 is 0 Å². The Bertz CT molecular complexity index is 1030. The Labute approximate surface area is 184 Å². The number of hydrogen-bond donors (Lipinski definition) is 2. The number of likely N-dealkylation sites (N-methyl/N-ethyl adjacent to an activating group) is 1. The SMILES string of the molecule is COc1ccc(C)cc1C[NH+](C)[C@@H](C(=O)Nc1cc(C)ccc1OC)c1ccccc1. The zero-order valence-electron chi connectivity index (χ0n) is 18.9. The Morgan fingerprint density at radius 3 is 2.16 bits per heavy atom. The third-order valence-corrected chi connectivity index (χ3v) is 5.41. The van der Waals surface area contributed by atoms with E-state index in [1.54, 1.807) is 14.2 Å². The van der Waals surface area contributed by atoms with Gasteiger partial charge in [0.2, 0.25) is 0 Å². The van der Waals surface area contributed by atoms with E-state index in [4.69, 9.17) is 9.47 Å². The van der Waals surface area contributed by atoms with Gasteiger partial charge in [-0.2, -0.15) is 0 Å². The molecule has 1 unspecified atom stereocenters. The van der Waals surface area contributed by atoms with Gasteiger partial charge in [0.25, 0.3) is 5.91 Å². The van der Waals surface area contributed by atoms with Crippen LogP contribution in [-0.2, 0) is 11.3 Å². The maximum Gasteiger partial charge on any atom is 0.287 e. The summed E-state index contributed by atoms with van der Waals surface area (Å²) in [7, 11) is 5.32. The maximum absolute atomic E-state index is 13.5. The number of anilines is 1. The molecule has 5 nitrogen and oxygen atoms in total. The number of quaternary nitrogens is 1. The second-order valence-corrected chi connectivity index (χ2v) is 7.88. The lowest BCUT2D eigenvalue weighted by Gasteiger charge is -2.26. The summed E-state index contributed by atoms with van der Waals surface area (Å²) >= 11 is 0. The van der Waals surface area contributed by atoms with E-state index in [0.29, 0.717) is 18.0 Å². The molecule has 0 saturated heterocycles. The van der Waals surface area contributed by atoms with Crippen molar-refractivity contribution in [1.82, 2.24) is 0 Å². The summed E-state index contributed by atoms with van der Waals surface area (Å²) in [5.41, 5.74) is 4.92. The van der Waals surface area contributed by atoms with E-state index in [2.05, 4.69) is 18.3 Å². The van der Waals surface area contributed by atoms with Crippen LogP contribution in [0.4, 0.5) is 5.69 Å². The van der Waals surface area contributed by atoms with E-state index in [1.807, 2.05) is 74.6 Å². The van der Waals surface area contributed by atoms with Gasteiger partial charge in [0.1, 0.15) is 18.0 Å². The van der Waals surface area contributed by atoms with Crippen molar-refractivity contribution in [1.29, 1.82) is 0 Å². The summed E-state index contributed by atoms with van der Waals surface area (Å²) in [5, 5.41) is 3.09. The number of hydrogen-bond acceptors (Lipinski definition) is 3. The fourth-order valence-electron chi connectivity index (χ4n) is 3.88. The minimum atomic E-state index is -0.406. The molecule has 0 fully saturated rings. The third-order valence-electron chi connectivity index (χ3n) is 5.41. The van der Waals surface area contributed by atoms with E-state index in [-0.39, 0.29) is 5.91 Å². The number of aryl methyl sites for hydroxylation is 2. The predicted molar refractivity (Wildman–Crippen MR) is 124 cm³/mol. The summed E-state index contributed by atoms with van der Waals surface area (Å²) in [4.78, 5) is 14.6. The molecule has 0 aliphatic carbocycles. The van der Waals surface area contributed by atoms with Crippen molar-refractivity contribution in [2.45, 2.75) is 26.4 Å². The normalized spacial score (nSPS) is 12.7. The van der Waals surface area contributed by atoms with E-state index in [1.165, 1.54) is 0 Å². The quantitative estimate of drug-likeness (QED) is 0.585. The lowest BCUT2D eigenvalue weighted by atomic mass is 10.0. The molecular weight excluding hydrogens is 388 g/mol. The monoisotopic (exact) mass is 419 g/mol. The van der Waals surface area contributed by atoms with Gasteiger partial charge in [0.05, 0.1) is 27.0 Å². The second-order valence-electron chi connectivity index (χ2n) is 7.88. The third kappa shape index (κ3) is 5.44. The molecule has 162 valence electrons. The maximum atomic E-state index is 13.5. The molecule has 0 saturated carbocycles. The first-order valence-electron chi connectivity index (χ1n) is 10.4. The van der Waals surface area contributed by atoms with E-state index < -0.39 is 6.04 Å². The van der Waals surface area contributed by atoms with E-state index >= 15 is 0 Å². The largest absolute Gasteiger partial charge is 0.496 e. The predicted octanol–water partition coefficient (Wildman–Crippen LogP) is 3.72. The second kappa shape index (κ2) is 10.1. The highest BCUT2D eigenvalue weighted by Crippen LogP contribution is 2.26. The van der Waals surface area contributed by atoms with Gasteiger partial charge in [-0.05, 0) is 43.7 Å². The first-order valence-corrected chi connectivity index (χ1v) is 10.4. The Morgan fingerprint density at radius 2 is 1.52 bits per heavy atom. The van der Waals surface area contributed by atoms with E-state index in [0.717, 1.165) is 32.9 Å². The molecule has 5 heteroatoms. The van der Waals surface area contributed by atoms with Crippen LogP contribution in [0, 0.1) is 13.8 Å². The first-order chi connectivity index (χ1) is 14.9. The molecule has 2 atom stereocenters. The molecule has 3 rings (SSSR count). The zero-order valence-corrected chi connectivity index (χ0v) is 18.9. The summed E-state index contributed by atoms with van der Waals surface area (Å²) in [6, 6.07) is 21.4. The summed E-state index contributed by atoms with van der Waals surface area (Å²) in [5.74, 6) is 1.39. The smallest absolute Gasteiger partial charge is 0.287 e. The molecule has 3 aromatic carbocycles. The Morgan fingerprint density at radius 1 is 0.903 bits per heavy atom. The molecule has 0 aliphatic heterocycles. The van der Waals surface area contributed by atoms with Crippen molar-refractivity contribution in [3.8, 4) is 11.5 Å². The van der Waals surface area contributed by atoms with Crippen LogP contribution in [0.3, 0.4) is 0 Å². The molecule has 2 N–H and O–H groups in total. The molecule has 0 aliphatic rings. The van der Waals surface area contributed by atoms with Crippen LogP contribution in [0.5, 0.6) is 11.5 Å². The number of ether oxygens (including phenoxy) is 2. The van der Waals surface area contributed by atoms with Gasteiger partial charge in [-0.3, -0.25) is 4.79 Å². The first kappa shape index (κ1) is 22.4. The van der Waals surface area contributed by atoms with Gasteiger partial charge in [0, 0.05) is 11.1 Å². The van der Waals surface area contributed by atoms with Crippen LogP contribution < -0.4 is 19.7 Å². The highest BCUT2D eigenvalue weighted by molar-refractivity contribution is 5.96. The fraction of sp³-hybridized carbons (Fsp3) is 0.269. The highest BCUT2D eigenvalue weighted by atomic mass is 16.5. The molecule has 0 bridgehead atoms. The number of rotatable bonds is 8. The van der Waals surface area contributed by atoms with Crippen LogP contribution >= 0.6 is 0 Å². The van der Waals surface area contributed by atoms with Crippen molar-refractivity contribution in [2.75, 3.05) is 26.6 Å². The van der Waals surface area contributed by atoms with Crippen molar-refractivity contribution >= 4 is 11.6 Å².